The summed E-state index contributed by atoms with van der Waals surface area (Å²) >= 11 is 5.60. The van der Waals surface area contributed by atoms with Crippen molar-refractivity contribution in [3.05, 3.63) is 45.2 Å². The third-order valence-corrected chi connectivity index (χ3v) is 5.91. The zero-order valence-corrected chi connectivity index (χ0v) is 18.5. The van der Waals surface area contributed by atoms with Gasteiger partial charge in [-0.25, -0.2) is 0 Å². The molecule has 0 radical (unpaired) electrons. The molecule has 0 atom stereocenters. The minimum atomic E-state index is -0.0383. The number of ether oxygens (including phenoxy) is 1. The van der Waals surface area contributed by atoms with Gasteiger partial charge in [-0.15, -0.1) is 0 Å². The van der Waals surface area contributed by atoms with E-state index in [0.29, 0.717) is 11.7 Å². The Bertz CT molecular complexity index is 906. The van der Waals surface area contributed by atoms with Gasteiger partial charge in [-0.05, 0) is 56.6 Å². The van der Waals surface area contributed by atoms with Crippen molar-refractivity contribution in [3.63, 3.8) is 0 Å². The highest BCUT2D eigenvalue weighted by molar-refractivity contribution is 7.80. The monoisotopic (exact) mass is 416 g/mol. The molecule has 1 aliphatic rings. The molecule has 1 saturated heterocycles. The molecule has 0 amide bonds. The number of morpholine rings is 1. The second-order valence-electron chi connectivity index (χ2n) is 7.68. The molecule has 0 bridgehead atoms. The minimum Gasteiger partial charge on any atom is -0.379 e. The van der Waals surface area contributed by atoms with E-state index in [2.05, 4.69) is 33.1 Å². The molecule has 6 nitrogen and oxygen atoms in total. The number of rotatable bonds is 7. The Hall–Kier alpha value is -1.96. The van der Waals surface area contributed by atoms with Crippen LogP contribution in [0, 0.1) is 13.8 Å². The van der Waals surface area contributed by atoms with Gasteiger partial charge in [-0.2, -0.15) is 0 Å². The lowest BCUT2D eigenvalue weighted by atomic mass is 10.0. The maximum Gasteiger partial charge on any atom is 0.253 e. The number of fused-ring (bicyclic) bond motifs is 1. The van der Waals surface area contributed by atoms with Crippen molar-refractivity contribution in [2.45, 2.75) is 33.7 Å². The molecule has 1 fully saturated rings. The van der Waals surface area contributed by atoms with Crippen LogP contribution in [0.4, 0.5) is 0 Å². The summed E-state index contributed by atoms with van der Waals surface area (Å²) in [6, 6.07) is 6.18. The van der Waals surface area contributed by atoms with Crippen LogP contribution in [0.5, 0.6) is 0 Å². The third kappa shape index (κ3) is 5.56. The molecule has 0 unspecified atom stereocenters. The van der Waals surface area contributed by atoms with E-state index in [-0.39, 0.29) is 5.56 Å². The number of hydrogen-bond acceptors (Lipinski definition) is 4. The molecule has 1 aliphatic heterocycles. The number of nitrogens with zero attached hydrogens (tertiary/aromatic N) is 2. The second kappa shape index (κ2) is 10.2. The molecule has 0 spiro atoms. The molecule has 0 aliphatic carbocycles. The maximum atomic E-state index is 12.8. The summed E-state index contributed by atoms with van der Waals surface area (Å²) in [5, 5.41) is 5.05. The van der Waals surface area contributed by atoms with Gasteiger partial charge in [0.05, 0.1) is 25.3 Å². The summed E-state index contributed by atoms with van der Waals surface area (Å²) in [4.78, 5) is 20.4. The number of pyridine rings is 1. The predicted octanol–water partition coefficient (Wildman–Crippen LogP) is 2.56. The Morgan fingerprint density at radius 2 is 2.00 bits per heavy atom. The van der Waals surface area contributed by atoms with Gasteiger partial charge < -0.3 is 19.9 Å². The highest BCUT2D eigenvalue weighted by Gasteiger charge is 2.15. The Morgan fingerprint density at radius 3 is 2.72 bits per heavy atom. The lowest BCUT2D eigenvalue weighted by Crippen LogP contribution is -2.42. The van der Waals surface area contributed by atoms with Crippen LogP contribution in [0.3, 0.4) is 0 Å². The molecule has 0 saturated carbocycles. The lowest BCUT2D eigenvalue weighted by Gasteiger charge is -2.29. The number of H-pyrrole nitrogens is 1. The van der Waals surface area contributed by atoms with E-state index in [4.69, 9.17) is 17.0 Å². The van der Waals surface area contributed by atoms with Crippen LogP contribution in [0.15, 0.2) is 23.0 Å². The van der Waals surface area contributed by atoms with Crippen LogP contribution in [0.1, 0.15) is 30.0 Å². The standard InChI is InChI=1S/C22H32N4O2S/c1-4-23-22(29)26(9-5-8-25-10-12-28-13-11-25)15-18-14-19-16(2)6-7-17(3)20(19)24-21(18)27/h6-7,14H,4-5,8-13,15H2,1-3H3,(H,23,29)(H,24,27). The molecule has 3 rings (SSSR count). The van der Waals surface area contributed by atoms with E-state index in [1.165, 1.54) is 0 Å². The van der Waals surface area contributed by atoms with Crippen LogP contribution in [0.2, 0.25) is 0 Å². The normalized spacial score (nSPS) is 14.9. The zero-order chi connectivity index (χ0) is 20.8. The van der Waals surface area contributed by atoms with Crippen molar-refractivity contribution < 1.29 is 4.74 Å². The Kier molecular flexibility index (Phi) is 7.64. The van der Waals surface area contributed by atoms with E-state index in [0.717, 1.165) is 80.0 Å². The number of aryl methyl sites for hydroxylation is 2. The van der Waals surface area contributed by atoms with Crippen molar-refractivity contribution in [1.29, 1.82) is 0 Å². The highest BCUT2D eigenvalue weighted by atomic mass is 32.1. The summed E-state index contributed by atoms with van der Waals surface area (Å²) in [5.41, 5.74) is 3.88. The fourth-order valence-electron chi connectivity index (χ4n) is 3.77. The Labute approximate surface area is 178 Å². The first-order valence-corrected chi connectivity index (χ1v) is 10.9. The predicted molar refractivity (Wildman–Crippen MR) is 123 cm³/mol. The smallest absolute Gasteiger partial charge is 0.253 e. The zero-order valence-electron chi connectivity index (χ0n) is 17.7. The van der Waals surface area contributed by atoms with Crippen molar-refractivity contribution in [2.75, 3.05) is 45.9 Å². The third-order valence-electron chi connectivity index (χ3n) is 5.50. The van der Waals surface area contributed by atoms with E-state index < -0.39 is 0 Å². The number of aromatic nitrogens is 1. The van der Waals surface area contributed by atoms with E-state index in [1.807, 2.05) is 26.0 Å². The van der Waals surface area contributed by atoms with Crippen LogP contribution in [-0.4, -0.2) is 65.8 Å². The Morgan fingerprint density at radius 1 is 1.28 bits per heavy atom. The van der Waals surface area contributed by atoms with Gasteiger partial charge in [-0.1, -0.05) is 12.1 Å². The molecule has 2 aromatic rings. The van der Waals surface area contributed by atoms with Crippen LogP contribution in [-0.2, 0) is 11.3 Å². The van der Waals surface area contributed by atoms with E-state index >= 15 is 0 Å². The van der Waals surface area contributed by atoms with Crippen LogP contribution >= 0.6 is 12.2 Å². The summed E-state index contributed by atoms with van der Waals surface area (Å²) in [6.45, 7) is 12.8. The molecular formula is C22H32N4O2S. The quantitative estimate of drug-likeness (QED) is 0.677. The van der Waals surface area contributed by atoms with Gasteiger partial charge in [0.1, 0.15) is 0 Å². The molecule has 7 heteroatoms. The van der Waals surface area contributed by atoms with Gasteiger partial charge in [-0.3, -0.25) is 9.69 Å². The maximum absolute atomic E-state index is 12.8. The van der Waals surface area contributed by atoms with E-state index in [9.17, 15) is 4.79 Å². The molecule has 1 aromatic carbocycles. The SMILES string of the molecule is CCNC(=S)N(CCCN1CCOCC1)Cc1cc2c(C)ccc(C)c2[nH]c1=O. The number of aromatic amines is 1. The first-order chi connectivity index (χ1) is 14.0. The van der Waals surface area contributed by atoms with Gasteiger partial charge in [0.25, 0.3) is 5.56 Å². The van der Waals surface area contributed by atoms with Crippen molar-refractivity contribution in [1.82, 2.24) is 20.1 Å². The topological polar surface area (TPSA) is 60.6 Å². The molecule has 29 heavy (non-hydrogen) atoms. The number of nitrogens with one attached hydrogen (secondary N) is 2. The van der Waals surface area contributed by atoms with Crippen molar-refractivity contribution >= 4 is 28.2 Å². The molecular weight excluding hydrogens is 384 g/mol. The van der Waals surface area contributed by atoms with Crippen LogP contribution in [0.25, 0.3) is 10.9 Å². The van der Waals surface area contributed by atoms with Crippen LogP contribution < -0.4 is 10.9 Å². The van der Waals surface area contributed by atoms with E-state index in [1.54, 1.807) is 0 Å². The first-order valence-electron chi connectivity index (χ1n) is 10.4. The summed E-state index contributed by atoms with van der Waals surface area (Å²) in [5.74, 6) is 0. The molecule has 2 heterocycles. The highest BCUT2D eigenvalue weighted by Crippen LogP contribution is 2.20. The van der Waals surface area contributed by atoms with Gasteiger partial charge in [0, 0.05) is 43.7 Å². The average Bonchev–Trinajstić information content (AvgIpc) is 2.72. The van der Waals surface area contributed by atoms with Gasteiger partial charge in [0.2, 0.25) is 0 Å². The average molecular weight is 417 g/mol. The van der Waals surface area contributed by atoms with Gasteiger partial charge in [0.15, 0.2) is 5.11 Å². The summed E-state index contributed by atoms with van der Waals surface area (Å²) in [6.07, 6.45) is 0.995. The first kappa shape index (κ1) is 21.7. The largest absolute Gasteiger partial charge is 0.379 e. The molecule has 2 N–H and O–H groups in total. The molecule has 158 valence electrons. The molecule has 1 aromatic heterocycles. The fraction of sp³-hybridized carbons (Fsp3) is 0.545. The fourth-order valence-corrected chi connectivity index (χ4v) is 4.07. The number of hydrogen-bond donors (Lipinski definition) is 2. The van der Waals surface area contributed by atoms with Crippen molar-refractivity contribution in [2.24, 2.45) is 0 Å². The van der Waals surface area contributed by atoms with Crippen molar-refractivity contribution in [3.8, 4) is 0 Å². The minimum absolute atomic E-state index is 0.0383. The second-order valence-corrected chi connectivity index (χ2v) is 8.06. The lowest BCUT2D eigenvalue weighted by molar-refractivity contribution is 0.0367. The van der Waals surface area contributed by atoms with Gasteiger partial charge >= 0.3 is 0 Å². The number of benzene rings is 1. The number of thiocarbonyl (C=S) groups is 1. The Balaban J connectivity index is 1.76. The summed E-state index contributed by atoms with van der Waals surface area (Å²) in [7, 11) is 0. The summed E-state index contributed by atoms with van der Waals surface area (Å²) < 4.78 is 5.42.